The van der Waals surface area contributed by atoms with Crippen LogP contribution >= 0.6 is 0 Å². The summed E-state index contributed by atoms with van der Waals surface area (Å²) in [6, 6.07) is 9.86. The van der Waals surface area contributed by atoms with Gasteiger partial charge in [-0.05, 0) is 50.1 Å². The number of imidazole rings is 1. The number of nitrogens with one attached hydrogen (secondary N) is 1. The minimum atomic E-state index is -0.364. The van der Waals surface area contributed by atoms with Gasteiger partial charge >= 0.3 is 6.03 Å². The molecule has 0 saturated carbocycles. The number of nitrogens with zero attached hydrogens (tertiary/aromatic N) is 4. The molecule has 0 bridgehead atoms. The molecule has 0 atom stereocenters. The van der Waals surface area contributed by atoms with Gasteiger partial charge in [-0.1, -0.05) is 6.07 Å². The van der Waals surface area contributed by atoms with E-state index in [0.29, 0.717) is 18.8 Å². The van der Waals surface area contributed by atoms with Crippen LogP contribution in [0, 0.1) is 12.7 Å². The number of fused-ring (bicyclic) bond motifs is 1. The molecule has 1 aromatic carbocycles. The highest BCUT2D eigenvalue weighted by Crippen LogP contribution is 2.28. The molecular weight excluding hydrogens is 333 g/mol. The zero-order valence-corrected chi connectivity index (χ0v) is 14.5. The molecule has 1 fully saturated rings. The van der Waals surface area contributed by atoms with Crippen molar-refractivity contribution in [1.29, 1.82) is 0 Å². The van der Waals surface area contributed by atoms with Crippen molar-refractivity contribution in [2.45, 2.75) is 25.8 Å². The van der Waals surface area contributed by atoms with Gasteiger partial charge in [-0.25, -0.2) is 19.2 Å². The molecule has 1 saturated heterocycles. The van der Waals surface area contributed by atoms with E-state index in [1.165, 1.54) is 12.1 Å². The molecule has 4 rings (SSSR count). The van der Waals surface area contributed by atoms with Crippen LogP contribution in [0.15, 0.2) is 42.6 Å². The molecule has 2 amide bonds. The standard InChI is InChI=1S/C19H20FN5O/c1-13-22-17-6-3-9-21-18(17)25(13)16-7-10-24(11-8-16)19(26)23-15-5-2-4-14(20)12-15/h2-6,9,12,16H,7-8,10-11H2,1H3,(H,23,26). The number of pyridine rings is 1. The predicted octanol–water partition coefficient (Wildman–Crippen LogP) is 3.75. The lowest BCUT2D eigenvalue weighted by Crippen LogP contribution is -2.41. The molecule has 26 heavy (non-hydrogen) atoms. The number of carbonyl (C=O) groups excluding carboxylic acids is 1. The molecule has 134 valence electrons. The van der Waals surface area contributed by atoms with E-state index in [0.717, 1.165) is 29.8 Å². The number of benzene rings is 1. The molecule has 0 unspecified atom stereocenters. The SMILES string of the molecule is Cc1nc2cccnc2n1C1CCN(C(=O)Nc2cccc(F)c2)CC1. The number of aryl methyl sites for hydroxylation is 1. The summed E-state index contributed by atoms with van der Waals surface area (Å²) in [5.41, 5.74) is 2.27. The molecule has 3 heterocycles. The first-order valence-electron chi connectivity index (χ1n) is 8.73. The van der Waals surface area contributed by atoms with Gasteiger partial charge in [0.25, 0.3) is 0 Å². The van der Waals surface area contributed by atoms with Crippen molar-refractivity contribution < 1.29 is 9.18 Å². The molecule has 7 heteroatoms. The zero-order chi connectivity index (χ0) is 18.1. The molecule has 1 N–H and O–H groups in total. The van der Waals surface area contributed by atoms with Gasteiger partial charge in [-0.2, -0.15) is 0 Å². The number of carbonyl (C=O) groups is 1. The van der Waals surface area contributed by atoms with Crippen molar-refractivity contribution in [2.75, 3.05) is 18.4 Å². The lowest BCUT2D eigenvalue weighted by atomic mass is 10.0. The Hall–Kier alpha value is -2.96. The maximum absolute atomic E-state index is 13.3. The van der Waals surface area contributed by atoms with E-state index in [2.05, 4.69) is 19.9 Å². The van der Waals surface area contributed by atoms with E-state index in [1.807, 2.05) is 19.1 Å². The minimum absolute atomic E-state index is 0.195. The Balaban J connectivity index is 1.44. The number of hydrogen-bond acceptors (Lipinski definition) is 3. The maximum atomic E-state index is 13.3. The second-order valence-corrected chi connectivity index (χ2v) is 6.53. The van der Waals surface area contributed by atoms with E-state index in [9.17, 15) is 9.18 Å². The second kappa shape index (κ2) is 6.74. The summed E-state index contributed by atoms with van der Waals surface area (Å²) in [5.74, 6) is 0.581. The van der Waals surface area contributed by atoms with Gasteiger partial charge in [0.1, 0.15) is 17.2 Å². The van der Waals surface area contributed by atoms with E-state index in [1.54, 1.807) is 23.2 Å². The van der Waals surface area contributed by atoms with Crippen molar-refractivity contribution in [1.82, 2.24) is 19.4 Å². The fourth-order valence-corrected chi connectivity index (χ4v) is 3.58. The Morgan fingerprint density at radius 2 is 2.04 bits per heavy atom. The first kappa shape index (κ1) is 16.5. The van der Waals surface area contributed by atoms with Crippen LogP contribution in [-0.2, 0) is 0 Å². The third kappa shape index (κ3) is 3.12. The molecule has 3 aromatic rings. The van der Waals surface area contributed by atoms with Crippen molar-refractivity contribution in [3.05, 3.63) is 54.2 Å². The smallest absolute Gasteiger partial charge is 0.321 e. The Morgan fingerprint density at radius 1 is 1.23 bits per heavy atom. The summed E-state index contributed by atoms with van der Waals surface area (Å²) < 4.78 is 15.4. The van der Waals surface area contributed by atoms with Gasteiger partial charge in [-0.15, -0.1) is 0 Å². The van der Waals surface area contributed by atoms with Crippen LogP contribution in [0.5, 0.6) is 0 Å². The Morgan fingerprint density at radius 3 is 2.81 bits per heavy atom. The van der Waals surface area contributed by atoms with E-state index >= 15 is 0 Å². The van der Waals surface area contributed by atoms with Crippen LogP contribution in [0.4, 0.5) is 14.9 Å². The predicted molar refractivity (Wildman–Crippen MR) is 97.5 cm³/mol. The summed E-state index contributed by atoms with van der Waals surface area (Å²) in [6.45, 7) is 3.26. The summed E-state index contributed by atoms with van der Waals surface area (Å²) in [7, 11) is 0. The third-order valence-corrected chi connectivity index (χ3v) is 4.82. The second-order valence-electron chi connectivity index (χ2n) is 6.53. The van der Waals surface area contributed by atoms with Crippen LogP contribution in [0.25, 0.3) is 11.2 Å². The van der Waals surface area contributed by atoms with Gasteiger partial charge in [0.05, 0.1) is 0 Å². The lowest BCUT2D eigenvalue weighted by molar-refractivity contribution is 0.184. The number of piperidine rings is 1. The van der Waals surface area contributed by atoms with Crippen molar-refractivity contribution >= 4 is 22.9 Å². The number of halogens is 1. The highest BCUT2D eigenvalue weighted by Gasteiger charge is 2.26. The van der Waals surface area contributed by atoms with E-state index in [-0.39, 0.29) is 17.9 Å². The maximum Gasteiger partial charge on any atom is 0.321 e. The Bertz CT molecular complexity index is 946. The molecule has 0 radical (unpaired) electrons. The largest absolute Gasteiger partial charge is 0.324 e. The normalized spacial score (nSPS) is 15.4. The highest BCUT2D eigenvalue weighted by molar-refractivity contribution is 5.89. The van der Waals surface area contributed by atoms with E-state index < -0.39 is 0 Å². The molecule has 0 spiro atoms. The fourth-order valence-electron chi connectivity index (χ4n) is 3.58. The van der Waals surface area contributed by atoms with Crippen LogP contribution in [0.2, 0.25) is 0 Å². The number of aromatic nitrogens is 3. The Labute approximate surface area is 150 Å². The topological polar surface area (TPSA) is 63.1 Å². The van der Waals surface area contributed by atoms with Gasteiger partial charge in [0.2, 0.25) is 0 Å². The van der Waals surface area contributed by atoms with Gasteiger partial charge in [-0.3, -0.25) is 0 Å². The van der Waals surface area contributed by atoms with Crippen LogP contribution < -0.4 is 5.32 Å². The quantitative estimate of drug-likeness (QED) is 0.763. The minimum Gasteiger partial charge on any atom is -0.324 e. The van der Waals surface area contributed by atoms with Gasteiger partial charge in [0.15, 0.2) is 5.65 Å². The van der Waals surface area contributed by atoms with Gasteiger partial charge in [0, 0.05) is 31.0 Å². The highest BCUT2D eigenvalue weighted by atomic mass is 19.1. The average Bonchev–Trinajstić information content (AvgIpc) is 2.97. The number of urea groups is 1. The zero-order valence-electron chi connectivity index (χ0n) is 14.5. The third-order valence-electron chi connectivity index (χ3n) is 4.82. The molecule has 1 aliphatic heterocycles. The van der Waals surface area contributed by atoms with Crippen LogP contribution in [0.3, 0.4) is 0 Å². The number of rotatable bonds is 2. The lowest BCUT2D eigenvalue weighted by Gasteiger charge is -2.33. The van der Waals surface area contributed by atoms with Crippen molar-refractivity contribution in [2.24, 2.45) is 0 Å². The summed E-state index contributed by atoms with van der Waals surface area (Å²) in [6.07, 6.45) is 3.44. The number of amides is 2. The van der Waals surface area contributed by atoms with Crippen LogP contribution in [0.1, 0.15) is 24.7 Å². The monoisotopic (exact) mass is 353 g/mol. The summed E-state index contributed by atoms with van der Waals surface area (Å²) in [4.78, 5) is 23.2. The first-order valence-corrected chi connectivity index (χ1v) is 8.73. The molecule has 2 aromatic heterocycles. The number of likely N-dealkylation sites (tertiary alicyclic amines) is 1. The first-order chi connectivity index (χ1) is 12.6. The summed E-state index contributed by atoms with van der Waals surface area (Å²) >= 11 is 0. The number of anilines is 1. The fraction of sp³-hybridized carbons (Fsp3) is 0.316. The molecular formula is C19H20FN5O. The van der Waals surface area contributed by atoms with Gasteiger partial charge < -0.3 is 14.8 Å². The van der Waals surface area contributed by atoms with E-state index in [4.69, 9.17) is 0 Å². The van der Waals surface area contributed by atoms with Crippen LogP contribution in [-0.4, -0.2) is 38.6 Å². The number of hydrogen-bond donors (Lipinski definition) is 1. The Kier molecular flexibility index (Phi) is 4.28. The average molecular weight is 353 g/mol. The molecule has 1 aliphatic rings. The summed E-state index contributed by atoms with van der Waals surface area (Å²) in [5, 5.41) is 2.76. The molecule has 0 aliphatic carbocycles. The molecule has 6 nitrogen and oxygen atoms in total. The van der Waals surface area contributed by atoms with Crippen molar-refractivity contribution in [3.8, 4) is 0 Å². The van der Waals surface area contributed by atoms with Crippen molar-refractivity contribution in [3.63, 3.8) is 0 Å².